The highest BCUT2D eigenvalue weighted by Crippen LogP contribution is 2.42. The van der Waals surface area contributed by atoms with Gasteiger partial charge in [-0.15, -0.1) is 0 Å². The molecule has 196 valence electrons. The Balaban J connectivity index is 1.66. The summed E-state index contributed by atoms with van der Waals surface area (Å²) in [5.74, 6) is 1.16. The Morgan fingerprint density at radius 1 is 0.868 bits per heavy atom. The summed E-state index contributed by atoms with van der Waals surface area (Å²) in [4.78, 5) is 29.5. The molecular weight excluding hydrogens is 478 g/mol. The minimum Gasteiger partial charge on any atom is -0.494 e. The van der Waals surface area contributed by atoms with Crippen molar-refractivity contribution in [2.24, 2.45) is 0 Å². The van der Waals surface area contributed by atoms with E-state index >= 15 is 0 Å². The van der Waals surface area contributed by atoms with E-state index < -0.39 is 6.04 Å². The van der Waals surface area contributed by atoms with E-state index in [-0.39, 0.29) is 17.1 Å². The van der Waals surface area contributed by atoms with Gasteiger partial charge in [-0.3, -0.25) is 14.5 Å². The largest absolute Gasteiger partial charge is 0.494 e. The van der Waals surface area contributed by atoms with Gasteiger partial charge in [-0.25, -0.2) is 0 Å². The fourth-order valence-corrected chi connectivity index (χ4v) is 5.00. The van der Waals surface area contributed by atoms with Crippen LogP contribution < -0.4 is 19.8 Å². The van der Waals surface area contributed by atoms with Crippen LogP contribution in [-0.4, -0.2) is 19.1 Å². The molecule has 38 heavy (non-hydrogen) atoms. The number of carbonyl (C=O) groups is 1. The van der Waals surface area contributed by atoms with Gasteiger partial charge in [0.15, 0.2) is 5.43 Å². The molecule has 0 radical (unpaired) electrons. The van der Waals surface area contributed by atoms with Crippen LogP contribution in [0.25, 0.3) is 11.0 Å². The number of aryl methyl sites for hydroxylation is 2. The lowest BCUT2D eigenvalue weighted by atomic mass is 9.97. The first-order chi connectivity index (χ1) is 18.4. The molecule has 1 aromatic heterocycles. The SMILES string of the molecule is CCCCCOc1cccc(C2c3c(oc4cc(C)c(C)cc4c3=O)C(=O)N2c2ccc(OCC)cc2)c1. The van der Waals surface area contributed by atoms with Crippen molar-refractivity contribution >= 4 is 22.6 Å². The van der Waals surface area contributed by atoms with Crippen LogP contribution in [-0.2, 0) is 0 Å². The molecule has 0 bridgehead atoms. The second-order valence-corrected chi connectivity index (χ2v) is 9.74. The number of fused-ring (bicyclic) bond motifs is 2. The molecule has 4 aromatic rings. The molecule has 3 aromatic carbocycles. The lowest BCUT2D eigenvalue weighted by molar-refractivity contribution is 0.0971. The zero-order valence-corrected chi connectivity index (χ0v) is 22.4. The van der Waals surface area contributed by atoms with E-state index in [0.29, 0.717) is 46.9 Å². The fourth-order valence-electron chi connectivity index (χ4n) is 5.00. The van der Waals surface area contributed by atoms with E-state index in [1.807, 2.05) is 81.4 Å². The molecule has 6 heteroatoms. The van der Waals surface area contributed by atoms with E-state index in [1.54, 1.807) is 4.90 Å². The summed E-state index contributed by atoms with van der Waals surface area (Å²) in [6.45, 7) is 9.17. The highest BCUT2D eigenvalue weighted by Gasteiger charge is 2.43. The summed E-state index contributed by atoms with van der Waals surface area (Å²) in [5.41, 5.74) is 4.02. The Bertz CT molecular complexity index is 1540. The molecule has 2 heterocycles. The van der Waals surface area contributed by atoms with Gasteiger partial charge < -0.3 is 13.9 Å². The quantitative estimate of drug-likeness (QED) is 0.224. The number of nitrogens with zero attached hydrogens (tertiary/aromatic N) is 1. The number of anilines is 1. The number of ether oxygens (including phenoxy) is 2. The first-order valence-electron chi connectivity index (χ1n) is 13.3. The lowest BCUT2D eigenvalue weighted by Crippen LogP contribution is -2.29. The van der Waals surface area contributed by atoms with E-state index in [4.69, 9.17) is 13.9 Å². The molecule has 1 aliphatic heterocycles. The second kappa shape index (κ2) is 10.7. The average molecular weight is 512 g/mol. The normalized spacial score (nSPS) is 14.7. The van der Waals surface area contributed by atoms with Gasteiger partial charge in [0.05, 0.1) is 30.2 Å². The number of amides is 1. The second-order valence-electron chi connectivity index (χ2n) is 9.74. The van der Waals surface area contributed by atoms with Crippen molar-refractivity contribution < 1.29 is 18.7 Å². The van der Waals surface area contributed by atoms with Crippen LogP contribution in [0.15, 0.2) is 69.9 Å². The number of carbonyl (C=O) groups excluding carboxylic acids is 1. The highest BCUT2D eigenvalue weighted by molar-refractivity contribution is 6.10. The average Bonchev–Trinajstić information content (AvgIpc) is 3.21. The smallest absolute Gasteiger partial charge is 0.295 e. The molecule has 0 aliphatic carbocycles. The van der Waals surface area contributed by atoms with Gasteiger partial charge in [0.25, 0.3) is 5.91 Å². The number of benzene rings is 3. The number of hydrogen-bond acceptors (Lipinski definition) is 5. The third kappa shape index (κ3) is 4.67. The Morgan fingerprint density at radius 3 is 2.37 bits per heavy atom. The molecule has 1 unspecified atom stereocenters. The van der Waals surface area contributed by atoms with Crippen LogP contribution in [0.5, 0.6) is 11.5 Å². The van der Waals surface area contributed by atoms with Gasteiger partial charge in [0.1, 0.15) is 17.1 Å². The molecule has 0 fully saturated rings. The van der Waals surface area contributed by atoms with Crippen LogP contribution in [0.4, 0.5) is 5.69 Å². The molecule has 1 atom stereocenters. The number of rotatable bonds is 9. The monoisotopic (exact) mass is 511 g/mol. The Hall–Kier alpha value is -4.06. The molecule has 1 aliphatic rings. The molecule has 0 N–H and O–H groups in total. The number of unbranched alkanes of at least 4 members (excludes halogenated alkanes) is 2. The van der Waals surface area contributed by atoms with E-state index in [2.05, 4.69) is 6.92 Å². The van der Waals surface area contributed by atoms with Crippen molar-refractivity contribution in [1.29, 1.82) is 0 Å². The summed E-state index contributed by atoms with van der Waals surface area (Å²) in [5, 5.41) is 0.477. The predicted molar refractivity (Wildman–Crippen MR) is 150 cm³/mol. The maximum absolute atomic E-state index is 14.0. The van der Waals surface area contributed by atoms with Crippen molar-refractivity contribution in [3.8, 4) is 11.5 Å². The third-order valence-electron chi connectivity index (χ3n) is 7.10. The van der Waals surface area contributed by atoms with E-state index in [9.17, 15) is 9.59 Å². The van der Waals surface area contributed by atoms with Crippen molar-refractivity contribution in [3.63, 3.8) is 0 Å². The minimum atomic E-state index is -0.656. The molecule has 0 saturated carbocycles. The standard InChI is InChI=1S/C32H33NO5/c1-5-7-8-16-37-25-11-9-10-22(19-25)29-28-30(34)26-17-20(3)21(4)18-27(26)38-31(28)32(35)33(29)23-12-14-24(15-13-23)36-6-2/h9-15,17-19,29H,5-8,16H2,1-4H3. The van der Waals surface area contributed by atoms with Crippen LogP contribution in [0, 0.1) is 13.8 Å². The summed E-state index contributed by atoms with van der Waals surface area (Å²) < 4.78 is 17.8. The molecule has 6 nitrogen and oxygen atoms in total. The van der Waals surface area contributed by atoms with Gasteiger partial charge in [-0.1, -0.05) is 31.9 Å². The van der Waals surface area contributed by atoms with E-state index in [0.717, 1.165) is 36.0 Å². The summed E-state index contributed by atoms with van der Waals surface area (Å²) >= 11 is 0. The van der Waals surface area contributed by atoms with E-state index in [1.165, 1.54) is 0 Å². The Labute approximate surface area is 222 Å². The van der Waals surface area contributed by atoms with Crippen LogP contribution >= 0.6 is 0 Å². The molecule has 5 rings (SSSR count). The van der Waals surface area contributed by atoms with Crippen molar-refractivity contribution in [2.45, 2.75) is 53.0 Å². The first kappa shape index (κ1) is 25.6. The van der Waals surface area contributed by atoms with Crippen molar-refractivity contribution in [1.82, 2.24) is 0 Å². The zero-order chi connectivity index (χ0) is 26.8. The first-order valence-corrected chi connectivity index (χ1v) is 13.3. The summed E-state index contributed by atoms with van der Waals surface area (Å²) in [6.07, 6.45) is 3.19. The van der Waals surface area contributed by atoms with Gasteiger partial charge in [-0.05, 0) is 92.4 Å². The number of hydrogen-bond donors (Lipinski definition) is 0. The van der Waals surface area contributed by atoms with Crippen LogP contribution in [0.2, 0.25) is 0 Å². The fraction of sp³-hybridized carbons (Fsp3) is 0.312. The van der Waals surface area contributed by atoms with Crippen LogP contribution in [0.1, 0.15) is 72.0 Å². The maximum atomic E-state index is 14.0. The van der Waals surface area contributed by atoms with Gasteiger partial charge in [0, 0.05) is 5.69 Å². The third-order valence-corrected chi connectivity index (χ3v) is 7.10. The van der Waals surface area contributed by atoms with Crippen molar-refractivity contribution in [3.05, 3.63) is 98.9 Å². The topological polar surface area (TPSA) is 69.0 Å². The Kier molecular flexibility index (Phi) is 7.23. The minimum absolute atomic E-state index is 0.0823. The van der Waals surface area contributed by atoms with Gasteiger partial charge >= 0.3 is 0 Å². The lowest BCUT2D eigenvalue weighted by Gasteiger charge is -2.25. The molecule has 0 saturated heterocycles. The summed E-state index contributed by atoms with van der Waals surface area (Å²) in [6, 6.07) is 18.0. The molecular formula is C32H33NO5. The zero-order valence-electron chi connectivity index (χ0n) is 22.4. The predicted octanol–water partition coefficient (Wildman–Crippen LogP) is 7.13. The van der Waals surface area contributed by atoms with Gasteiger partial charge in [-0.2, -0.15) is 0 Å². The Morgan fingerprint density at radius 2 is 1.63 bits per heavy atom. The molecule has 1 amide bonds. The summed E-state index contributed by atoms with van der Waals surface area (Å²) in [7, 11) is 0. The highest BCUT2D eigenvalue weighted by atomic mass is 16.5. The maximum Gasteiger partial charge on any atom is 0.295 e. The van der Waals surface area contributed by atoms with Crippen molar-refractivity contribution in [2.75, 3.05) is 18.1 Å². The van der Waals surface area contributed by atoms with Crippen LogP contribution in [0.3, 0.4) is 0 Å². The van der Waals surface area contributed by atoms with Gasteiger partial charge in [0.2, 0.25) is 5.76 Å². The molecule has 0 spiro atoms.